The van der Waals surface area contributed by atoms with E-state index in [0.717, 1.165) is 0 Å². The number of rotatable bonds is 6. The van der Waals surface area contributed by atoms with Gasteiger partial charge in [-0.2, -0.15) is 0 Å². The lowest BCUT2D eigenvalue weighted by Crippen LogP contribution is -2.41. The number of halogens is 3. The number of piperidine rings is 1. The van der Waals surface area contributed by atoms with Gasteiger partial charge in [0.2, 0.25) is 0 Å². The molecule has 3 aliphatic heterocycles. The topological polar surface area (TPSA) is 110 Å². The Morgan fingerprint density at radius 3 is 2.51 bits per heavy atom. The van der Waals surface area contributed by atoms with Crippen molar-refractivity contribution in [2.75, 3.05) is 18.4 Å². The smallest absolute Gasteiger partial charge is 0.410 e. The molecule has 7 rings (SSSR count). The monoisotopic (exact) mass is 692 g/mol. The molecule has 2 aromatic heterocycles. The summed E-state index contributed by atoms with van der Waals surface area (Å²) in [5, 5.41) is 4.71. The van der Waals surface area contributed by atoms with Gasteiger partial charge in [-0.05, 0) is 74.4 Å². The van der Waals surface area contributed by atoms with Crippen molar-refractivity contribution in [1.29, 1.82) is 0 Å². The molecule has 0 spiro atoms. The molecule has 1 saturated heterocycles. The summed E-state index contributed by atoms with van der Waals surface area (Å²) in [6.07, 6.45) is 2.60. The van der Waals surface area contributed by atoms with E-state index in [1.54, 1.807) is 27.0 Å². The molecule has 49 heavy (non-hydrogen) atoms. The van der Waals surface area contributed by atoms with Gasteiger partial charge in [-0.15, -0.1) is 11.3 Å². The fraction of sp³-hybridized carbons (Fsp3) is 0.400. The van der Waals surface area contributed by atoms with E-state index in [1.807, 2.05) is 20.8 Å². The van der Waals surface area contributed by atoms with Crippen molar-refractivity contribution < 1.29 is 32.3 Å². The quantitative estimate of drug-likeness (QED) is 0.243. The highest BCUT2D eigenvalue weighted by Crippen LogP contribution is 2.39. The summed E-state index contributed by atoms with van der Waals surface area (Å²) in [5.41, 5.74) is 1.49. The van der Waals surface area contributed by atoms with Gasteiger partial charge in [-0.25, -0.2) is 27.9 Å². The minimum atomic E-state index is -1.27. The normalized spacial score (nSPS) is 18.4. The first-order valence-electron chi connectivity index (χ1n) is 16.2. The first-order valence-corrected chi connectivity index (χ1v) is 17.0. The van der Waals surface area contributed by atoms with Crippen molar-refractivity contribution in [3.8, 4) is 11.1 Å². The number of alkyl halides is 1. The van der Waals surface area contributed by atoms with E-state index in [1.165, 1.54) is 47.0 Å². The van der Waals surface area contributed by atoms with Crippen molar-refractivity contribution in [1.82, 2.24) is 24.3 Å². The highest BCUT2D eigenvalue weighted by Gasteiger charge is 2.43. The predicted octanol–water partition coefficient (Wildman–Crippen LogP) is 6.63. The van der Waals surface area contributed by atoms with E-state index in [0.29, 0.717) is 53.4 Å². The molecule has 14 heteroatoms. The number of nitrogens with zero attached hydrogens (tertiary/aromatic N) is 5. The number of fused-ring (bicyclic) bond motifs is 2. The molecule has 1 fully saturated rings. The lowest BCUT2D eigenvalue weighted by Gasteiger charge is -2.33. The number of anilines is 1. The molecule has 0 radical (unpaired) electrons. The Bertz CT molecular complexity index is 1930. The average molecular weight is 693 g/mol. The van der Waals surface area contributed by atoms with Crippen LogP contribution in [0.5, 0.6) is 0 Å². The van der Waals surface area contributed by atoms with Gasteiger partial charge in [-0.1, -0.05) is 12.1 Å². The van der Waals surface area contributed by atoms with Crippen LogP contribution in [-0.2, 0) is 29.0 Å². The fourth-order valence-corrected chi connectivity index (χ4v) is 7.42. The van der Waals surface area contributed by atoms with E-state index in [9.17, 15) is 18.8 Å². The summed E-state index contributed by atoms with van der Waals surface area (Å²) in [4.78, 5) is 51.5. The van der Waals surface area contributed by atoms with Gasteiger partial charge in [0.05, 0.1) is 25.1 Å². The second-order valence-corrected chi connectivity index (χ2v) is 14.5. The van der Waals surface area contributed by atoms with Crippen molar-refractivity contribution >= 4 is 34.4 Å². The number of nitrogens with one attached hydrogen (secondary N) is 1. The molecular formula is C35H35F3N6O4S. The minimum absolute atomic E-state index is 0.0360. The Morgan fingerprint density at radius 1 is 1.06 bits per heavy atom. The lowest BCUT2D eigenvalue weighted by molar-refractivity contribution is -0.121. The zero-order valence-electron chi connectivity index (χ0n) is 27.2. The molecule has 4 aromatic rings. The second-order valence-electron chi connectivity index (χ2n) is 13.7. The van der Waals surface area contributed by atoms with Crippen molar-refractivity contribution in [3.63, 3.8) is 0 Å². The number of ether oxygens (including phenoxy) is 1. The van der Waals surface area contributed by atoms with E-state index >= 15 is 8.78 Å². The van der Waals surface area contributed by atoms with Gasteiger partial charge in [0.25, 0.3) is 11.8 Å². The minimum Gasteiger partial charge on any atom is -0.444 e. The van der Waals surface area contributed by atoms with Crippen molar-refractivity contribution in [2.24, 2.45) is 0 Å². The third-order valence-corrected chi connectivity index (χ3v) is 9.89. The standard InChI is InChI=1S/C35H35F3N6O4S/c1-35(2,3)48-34(47)42-9-6-19(7-10-42)23-5-4-20(13-26(23)37)21-12-24-25(27(38)14-21)17-44(32(24)46)30(31(45)41-33-39-8-11-49-33)29-28-15-22(36)16-43(28)18-40-29/h4-5,8,11-14,18-19,22,30H,6-7,9-10,15-17H2,1-3H3,(H,39,41,45)/t22-,30?/m1/s1. The number of likely N-dealkylation sites (tertiary alicyclic amines) is 1. The van der Waals surface area contributed by atoms with E-state index < -0.39 is 41.3 Å². The van der Waals surface area contributed by atoms with Crippen LogP contribution in [0.25, 0.3) is 11.1 Å². The Hall–Kier alpha value is -4.72. The van der Waals surface area contributed by atoms with Gasteiger partial charge >= 0.3 is 6.09 Å². The molecule has 1 N–H and O–H groups in total. The van der Waals surface area contributed by atoms with Crippen LogP contribution in [0.3, 0.4) is 0 Å². The van der Waals surface area contributed by atoms with Crippen LogP contribution in [0.2, 0.25) is 0 Å². The number of carbonyl (C=O) groups is 3. The second kappa shape index (κ2) is 12.6. The number of hydrogen-bond acceptors (Lipinski definition) is 7. The Balaban J connectivity index is 1.12. The molecule has 2 atom stereocenters. The summed E-state index contributed by atoms with van der Waals surface area (Å²) in [6.45, 7) is 6.19. The van der Waals surface area contributed by atoms with Gasteiger partial charge in [0.15, 0.2) is 11.2 Å². The number of thiazole rings is 1. The maximum absolute atomic E-state index is 15.7. The first kappa shape index (κ1) is 32.8. The molecule has 5 heterocycles. The van der Waals surface area contributed by atoms with Crippen molar-refractivity contribution in [3.05, 3.63) is 87.9 Å². The summed E-state index contributed by atoms with van der Waals surface area (Å²) < 4.78 is 52.8. The highest BCUT2D eigenvalue weighted by molar-refractivity contribution is 7.13. The number of carbonyl (C=O) groups excluding carboxylic acids is 3. The average Bonchev–Trinajstić information content (AvgIpc) is 3.84. The van der Waals surface area contributed by atoms with Crippen LogP contribution in [0.15, 0.2) is 48.2 Å². The third-order valence-electron chi connectivity index (χ3n) is 9.21. The molecule has 0 saturated carbocycles. The molecule has 10 nitrogen and oxygen atoms in total. The van der Waals surface area contributed by atoms with E-state index in [4.69, 9.17) is 4.74 Å². The van der Waals surface area contributed by atoms with E-state index in [-0.39, 0.29) is 48.3 Å². The molecule has 0 bridgehead atoms. The predicted molar refractivity (Wildman–Crippen MR) is 176 cm³/mol. The largest absolute Gasteiger partial charge is 0.444 e. The first-order chi connectivity index (χ1) is 23.4. The number of benzene rings is 2. The third kappa shape index (κ3) is 6.41. The number of imidazole rings is 1. The Morgan fingerprint density at radius 2 is 1.82 bits per heavy atom. The Labute approximate surface area is 284 Å². The van der Waals surface area contributed by atoms with Crippen molar-refractivity contribution in [2.45, 2.75) is 76.9 Å². The zero-order valence-corrected chi connectivity index (χ0v) is 28.0. The van der Waals surface area contributed by atoms with Gasteiger partial charge in [0, 0.05) is 47.9 Å². The molecular weight excluding hydrogens is 657 g/mol. The number of hydrogen-bond donors (Lipinski definition) is 1. The summed E-state index contributed by atoms with van der Waals surface area (Å²) in [6, 6.07) is 6.21. The maximum atomic E-state index is 15.7. The molecule has 1 unspecified atom stereocenters. The molecule has 3 amide bonds. The summed E-state index contributed by atoms with van der Waals surface area (Å²) in [7, 11) is 0. The fourth-order valence-electron chi connectivity index (χ4n) is 6.89. The Kier molecular flexibility index (Phi) is 8.45. The van der Waals surface area contributed by atoms with Crippen LogP contribution in [-0.4, -0.2) is 67.1 Å². The summed E-state index contributed by atoms with van der Waals surface area (Å²) >= 11 is 1.19. The number of aromatic nitrogens is 3. The zero-order chi connectivity index (χ0) is 34.6. The highest BCUT2D eigenvalue weighted by atomic mass is 32.1. The molecule has 256 valence electrons. The summed E-state index contributed by atoms with van der Waals surface area (Å²) in [5.74, 6) is -2.43. The van der Waals surface area contributed by atoms with Gasteiger partial charge in [-0.3, -0.25) is 14.9 Å². The van der Waals surface area contributed by atoms with Crippen LogP contribution >= 0.6 is 11.3 Å². The van der Waals surface area contributed by atoms with Crippen LogP contribution in [0, 0.1) is 11.6 Å². The maximum Gasteiger partial charge on any atom is 0.410 e. The van der Waals surface area contributed by atoms with Crippen LogP contribution < -0.4 is 5.32 Å². The SMILES string of the molecule is CC(C)(C)OC(=O)N1CCC(c2ccc(-c3cc(F)c4c(c3)C(=O)N(C(C(=O)Nc3nccs3)c3ncn5c3C[C@@H](F)C5)C4)cc2F)CC1. The van der Waals surface area contributed by atoms with Gasteiger partial charge < -0.3 is 19.1 Å². The molecule has 2 aromatic carbocycles. The molecule has 0 aliphatic carbocycles. The van der Waals surface area contributed by atoms with Gasteiger partial charge in [0.1, 0.15) is 23.4 Å². The van der Waals surface area contributed by atoms with Crippen LogP contribution in [0.4, 0.5) is 23.1 Å². The molecule has 3 aliphatic rings. The van der Waals surface area contributed by atoms with E-state index in [2.05, 4.69) is 15.3 Å². The number of amides is 3. The van der Waals surface area contributed by atoms with Crippen LogP contribution in [0.1, 0.15) is 78.4 Å². The lowest BCUT2D eigenvalue weighted by atomic mass is 9.88.